The molecule has 0 saturated heterocycles. The summed E-state index contributed by atoms with van der Waals surface area (Å²) < 4.78 is 6.88. The number of carbonyl (C=O) groups is 1. The van der Waals surface area contributed by atoms with Crippen molar-refractivity contribution in [3.63, 3.8) is 0 Å². The van der Waals surface area contributed by atoms with E-state index < -0.39 is 0 Å². The van der Waals surface area contributed by atoms with Gasteiger partial charge in [0.15, 0.2) is 0 Å². The second-order valence-corrected chi connectivity index (χ2v) is 3.19. The Morgan fingerprint density at radius 2 is 2.40 bits per heavy atom. The van der Waals surface area contributed by atoms with Crippen LogP contribution in [0.15, 0.2) is 24.5 Å². The number of hydrogen-bond acceptors (Lipinski definition) is 3. The van der Waals surface area contributed by atoms with Crippen LogP contribution in [-0.2, 0) is 11.2 Å². The van der Waals surface area contributed by atoms with E-state index in [9.17, 15) is 4.79 Å². The number of primary amides is 1. The molecular formula is C10H11N3O2. The fourth-order valence-electron chi connectivity index (χ4n) is 1.44. The van der Waals surface area contributed by atoms with E-state index >= 15 is 0 Å². The van der Waals surface area contributed by atoms with Gasteiger partial charge in [-0.25, -0.2) is 4.98 Å². The zero-order chi connectivity index (χ0) is 10.8. The maximum atomic E-state index is 10.8. The van der Waals surface area contributed by atoms with Crippen molar-refractivity contribution in [3.8, 4) is 5.75 Å². The summed E-state index contributed by atoms with van der Waals surface area (Å²) in [4.78, 5) is 15.0. The summed E-state index contributed by atoms with van der Waals surface area (Å²) in [6, 6.07) is 3.64. The van der Waals surface area contributed by atoms with E-state index in [1.807, 2.05) is 12.1 Å². The van der Waals surface area contributed by atoms with Gasteiger partial charge in [-0.15, -0.1) is 0 Å². The van der Waals surface area contributed by atoms with Crippen LogP contribution in [0.3, 0.4) is 0 Å². The van der Waals surface area contributed by atoms with E-state index in [0.717, 1.165) is 11.3 Å². The minimum absolute atomic E-state index is 0.175. The summed E-state index contributed by atoms with van der Waals surface area (Å²) in [5.41, 5.74) is 6.66. The number of carbonyl (C=O) groups excluding carboxylic acids is 1. The van der Waals surface area contributed by atoms with E-state index in [0.29, 0.717) is 5.75 Å². The maximum Gasteiger partial charge on any atom is 0.223 e. The molecule has 0 radical (unpaired) electrons. The van der Waals surface area contributed by atoms with Crippen LogP contribution in [0.2, 0.25) is 0 Å². The lowest BCUT2D eigenvalue weighted by Crippen LogP contribution is -2.14. The van der Waals surface area contributed by atoms with E-state index in [1.54, 1.807) is 23.9 Å². The maximum absolute atomic E-state index is 10.8. The average Bonchev–Trinajstić information content (AvgIpc) is 2.60. The molecule has 0 aliphatic carbocycles. The molecule has 0 bridgehead atoms. The Balaban J connectivity index is 2.51. The summed E-state index contributed by atoms with van der Waals surface area (Å²) in [6.07, 6.45) is 3.59. The Morgan fingerprint density at radius 3 is 3.07 bits per heavy atom. The van der Waals surface area contributed by atoms with Crippen LogP contribution < -0.4 is 10.5 Å². The van der Waals surface area contributed by atoms with Crippen molar-refractivity contribution in [2.24, 2.45) is 5.73 Å². The number of amides is 1. The quantitative estimate of drug-likeness (QED) is 0.787. The third-order valence-electron chi connectivity index (χ3n) is 2.15. The largest absolute Gasteiger partial charge is 0.495 e. The van der Waals surface area contributed by atoms with Crippen LogP contribution >= 0.6 is 0 Å². The van der Waals surface area contributed by atoms with Crippen molar-refractivity contribution >= 4 is 11.6 Å². The van der Waals surface area contributed by atoms with E-state index in [-0.39, 0.29) is 12.3 Å². The van der Waals surface area contributed by atoms with Crippen molar-refractivity contribution < 1.29 is 9.53 Å². The molecule has 0 fully saturated rings. The fraction of sp³-hybridized carbons (Fsp3) is 0.200. The van der Waals surface area contributed by atoms with Crippen LogP contribution in [0.25, 0.3) is 5.65 Å². The average molecular weight is 205 g/mol. The van der Waals surface area contributed by atoms with Crippen LogP contribution in [0.4, 0.5) is 0 Å². The molecule has 0 unspecified atom stereocenters. The second-order valence-electron chi connectivity index (χ2n) is 3.19. The van der Waals surface area contributed by atoms with Crippen LogP contribution in [0.1, 0.15) is 5.69 Å². The van der Waals surface area contributed by atoms with Crippen molar-refractivity contribution in [1.82, 2.24) is 9.38 Å². The molecule has 15 heavy (non-hydrogen) atoms. The van der Waals surface area contributed by atoms with Crippen molar-refractivity contribution in [3.05, 3.63) is 30.2 Å². The van der Waals surface area contributed by atoms with Crippen LogP contribution in [0.5, 0.6) is 5.75 Å². The molecule has 5 nitrogen and oxygen atoms in total. The fourth-order valence-corrected chi connectivity index (χ4v) is 1.44. The van der Waals surface area contributed by atoms with Crippen LogP contribution in [-0.4, -0.2) is 22.4 Å². The summed E-state index contributed by atoms with van der Waals surface area (Å²) in [7, 11) is 1.59. The first kappa shape index (κ1) is 9.51. The van der Waals surface area contributed by atoms with E-state index in [1.165, 1.54) is 0 Å². The molecule has 78 valence electrons. The number of nitrogens with two attached hydrogens (primary N) is 1. The molecule has 0 aliphatic heterocycles. The smallest absolute Gasteiger partial charge is 0.223 e. The Hall–Kier alpha value is -2.04. The number of fused-ring (bicyclic) bond motifs is 1. The zero-order valence-electron chi connectivity index (χ0n) is 8.30. The second kappa shape index (κ2) is 3.61. The van der Waals surface area contributed by atoms with Gasteiger partial charge < -0.3 is 10.5 Å². The van der Waals surface area contributed by atoms with Gasteiger partial charge in [0, 0.05) is 6.20 Å². The third kappa shape index (κ3) is 1.76. The zero-order valence-corrected chi connectivity index (χ0v) is 8.30. The number of pyridine rings is 1. The van der Waals surface area contributed by atoms with Gasteiger partial charge in [0.25, 0.3) is 0 Å². The minimum atomic E-state index is -0.375. The molecular weight excluding hydrogens is 194 g/mol. The SMILES string of the molecule is COc1ccc2ncc(CC(N)=O)n2c1. The van der Waals surface area contributed by atoms with Gasteiger partial charge >= 0.3 is 0 Å². The monoisotopic (exact) mass is 205 g/mol. The number of nitrogens with zero attached hydrogens (tertiary/aromatic N) is 2. The molecule has 0 aliphatic rings. The van der Waals surface area contributed by atoms with Gasteiger partial charge in [-0.3, -0.25) is 9.20 Å². The Labute approximate surface area is 86.5 Å². The standard InChI is InChI=1S/C10H11N3O2/c1-15-8-2-3-10-12-5-7(4-9(11)14)13(10)6-8/h2-3,5-6H,4H2,1H3,(H2,11,14). The number of ether oxygens (including phenoxy) is 1. The Morgan fingerprint density at radius 1 is 1.60 bits per heavy atom. The molecule has 1 amide bonds. The number of aromatic nitrogens is 2. The highest BCUT2D eigenvalue weighted by atomic mass is 16.5. The third-order valence-corrected chi connectivity index (χ3v) is 2.15. The minimum Gasteiger partial charge on any atom is -0.495 e. The van der Waals surface area contributed by atoms with Crippen molar-refractivity contribution in [1.29, 1.82) is 0 Å². The van der Waals surface area contributed by atoms with Crippen molar-refractivity contribution in [2.75, 3.05) is 7.11 Å². The van der Waals surface area contributed by atoms with Gasteiger partial charge in [0.05, 0.1) is 25.4 Å². The Kier molecular flexibility index (Phi) is 2.29. The molecule has 5 heteroatoms. The first-order valence-electron chi connectivity index (χ1n) is 4.49. The van der Waals surface area contributed by atoms with Gasteiger partial charge in [0.2, 0.25) is 5.91 Å². The highest BCUT2D eigenvalue weighted by Gasteiger charge is 2.06. The normalized spacial score (nSPS) is 10.5. The van der Waals surface area contributed by atoms with Gasteiger partial charge in [-0.05, 0) is 12.1 Å². The van der Waals surface area contributed by atoms with Crippen LogP contribution in [0, 0.1) is 0 Å². The molecule has 0 spiro atoms. The number of rotatable bonds is 3. The predicted octanol–water partition coefficient (Wildman–Crippen LogP) is 0.371. The number of methoxy groups -OCH3 is 1. The first-order chi connectivity index (χ1) is 7.20. The molecule has 2 aromatic rings. The predicted molar refractivity (Wildman–Crippen MR) is 54.6 cm³/mol. The number of imidazole rings is 1. The molecule has 0 atom stereocenters. The Bertz CT molecular complexity index is 504. The lowest BCUT2D eigenvalue weighted by molar-refractivity contribution is -0.117. The van der Waals surface area contributed by atoms with Gasteiger partial charge in [0.1, 0.15) is 11.4 Å². The number of hydrogen-bond donors (Lipinski definition) is 1. The molecule has 2 heterocycles. The van der Waals surface area contributed by atoms with Crippen molar-refractivity contribution in [2.45, 2.75) is 6.42 Å². The summed E-state index contributed by atoms with van der Waals surface area (Å²) >= 11 is 0. The highest BCUT2D eigenvalue weighted by Crippen LogP contribution is 2.14. The molecule has 2 rings (SSSR count). The highest BCUT2D eigenvalue weighted by molar-refractivity contribution is 5.76. The summed E-state index contributed by atoms with van der Waals surface area (Å²) in [5, 5.41) is 0. The summed E-state index contributed by atoms with van der Waals surface area (Å²) in [6.45, 7) is 0. The molecule has 0 aromatic carbocycles. The lowest BCUT2D eigenvalue weighted by Gasteiger charge is -2.02. The first-order valence-corrected chi connectivity index (χ1v) is 4.49. The van der Waals surface area contributed by atoms with E-state index in [4.69, 9.17) is 10.5 Å². The summed E-state index contributed by atoms with van der Waals surface area (Å²) in [5.74, 6) is 0.339. The van der Waals surface area contributed by atoms with Gasteiger partial charge in [-0.2, -0.15) is 0 Å². The molecule has 2 N–H and O–H groups in total. The van der Waals surface area contributed by atoms with Gasteiger partial charge in [-0.1, -0.05) is 0 Å². The molecule has 2 aromatic heterocycles. The topological polar surface area (TPSA) is 69.6 Å². The lowest BCUT2D eigenvalue weighted by atomic mass is 10.3. The van der Waals surface area contributed by atoms with E-state index in [2.05, 4.69) is 4.98 Å². The molecule has 0 saturated carbocycles.